The van der Waals surface area contributed by atoms with Crippen LogP contribution in [0.1, 0.15) is 11.5 Å². The van der Waals surface area contributed by atoms with Crippen molar-refractivity contribution in [3.05, 3.63) is 58.3 Å². The van der Waals surface area contributed by atoms with Gasteiger partial charge < -0.3 is 14.6 Å². The highest BCUT2D eigenvalue weighted by Crippen LogP contribution is 2.25. The summed E-state index contributed by atoms with van der Waals surface area (Å²) in [6.07, 6.45) is 0. The van der Waals surface area contributed by atoms with Crippen LogP contribution in [0, 0.1) is 6.92 Å². The van der Waals surface area contributed by atoms with Gasteiger partial charge in [-0.05, 0) is 31.2 Å². The van der Waals surface area contributed by atoms with E-state index in [0.29, 0.717) is 34.8 Å². The summed E-state index contributed by atoms with van der Waals surface area (Å²) < 4.78 is 5.36. The quantitative estimate of drug-likeness (QED) is 0.800. The van der Waals surface area contributed by atoms with Crippen LogP contribution in [0.15, 0.2) is 41.2 Å². The number of ether oxygens (including phenoxy) is 1. The third-order valence-corrected chi connectivity index (χ3v) is 3.61. The van der Waals surface area contributed by atoms with Crippen molar-refractivity contribution >= 4 is 16.7 Å². The molecule has 2 aromatic heterocycles. The first-order valence-electron chi connectivity index (χ1n) is 7.29. The molecule has 0 atom stereocenters. The number of nitrogens with zero attached hydrogens (tertiary/aromatic N) is 3. The van der Waals surface area contributed by atoms with Gasteiger partial charge in [0.25, 0.3) is 5.56 Å². The van der Waals surface area contributed by atoms with Gasteiger partial charge in [-0.3, -0.25) is 4.79 Å². The van der Waals surface area contributed by atoms with Crippen molar-refractivity contribution in [2.45, 2.75) is 13.5 Å². The third kappa shape index (κ3) is 3.01. The molecule has 0 fully saturated rings. The van der Waals surface area contributed by atoms with Crippen molar-refractivity contribution in [2.24, 2.45) is 0 Å². The number of nitrogens with one attached hydrogen (secondary N) is 1. The van der Waals surface area contributed by atoms with Gasteiger partial charge >= 0.3 is 0 Å². The normalized spacial score (nSPS) is 10.7. The molecular formula is C17H18N4O2. The number of para-hydroxylation sites is 1. The summed E-state index contributed by atoms with van der Waals surface area (Å²) in [6, 6.07) is 11.1. The van der Waals surface area contributed by atoms with Gasteiger partial charge in [-0.1, -0.05) is 12.1 Å². The molecule has 1 aromatic carbocycles. The van der Waals surface area contributed by atoms with Crippen molar-refractivity contribution in [1.82, 2.24) is 15.0 Å². The van der Waals surface area contributed by atoms with Gasteiger partial charge in [-0.25, -0.2) is 9.97 Å². The SMILES string of the molecule is COc1ccc(C)nc1N(C)Cc1nc2ccccc2c(=O)[nH]1. The fraction of sp³-hybridized carbons (Fsp3) is 0.235. The Bertz CT molecular complexity index is 904. The third-order valence-electron chi connectivity index (χ3n) is 3.61. The van der Waals surface area contributed by atoms with Gasteiger partial charge in [0.2, 0.25) is 0 Å². The summed E-state index contributed by atoms with van der Waals surface area (Å²) in [5, 5.41) is 0.588. The van der Waals surface area contributed by atoms with Crippen LogP contribution in [0.3, 0.4) is 0 Å². The van der Waals surface area contributed by atoms with Gasteiger partial charge in [-0.15, -0.1) is 0 Å². The molecule has 23 heavy (non-hydrogen) atoms. The number of hydrogen-bond donors (Lipinski definition) is 1. The molecule has 6 heteroatoms. The molecule has 0 aliphatic carbocycles. The van der Waals surface area contributed by atoms with Gasteiger partial charge in [0, 0.05) is 12.7 Å². The monoisotopic (exact) mass is 310 g/mol. The molecule has 0 saturated carbocycles. The van der Waals surface area contributed by atoms with Crippen LogP contribution in [0.2, 0.25) is 0 Å². The van der Waals surface area contributed by atoms with Crippen molar-refractivity contribution in [1.29, 1.82) is 0 Å². The summed E-state index contributed by atoms with van der Waals surface area (Å²) >= 11 is 0. The highest BCUT2D eigenvalue weighted by molar-refractivity contribution is 5.77. The summed E-state index contributed by atoms with van der Waals surface area (Å²) in [5.74, 6) is 1.98. The molecule has 6 nitrogen and oxygen atoms in total. The Morgan fingerprint density at radius 1 is 1.17 bits per heavy atom. The number of H-pyrrole nitrogens is 1. The number of fused-ring (bicyclic) bond motifs is 1. The van der Waals surface area contributed by atoms with Gasteiger partial charge in [0.05, 0.1) is 24.6 Å². The molecule has 1 N–H and O–H groups in total. The van der Waals surface area contributed by atoms with Crippen LogP contribution in [-0.4, -0.2) is 29.1 Å². The second-order valence-corrected chi connectivity index (χ2v) is 5.36. The molecule has 0 unspecified atom stereocenters. The Hall–Kier alpha value is -2.89. The highest BCUT2D eigenvalue weighted by Gasteiger charge is 2.12. The zero-order chi connectivity index (χ0) is 16.4. The summed E-state index contributed by atoms with van der Waals surface area (Å²) in [6.45, 7) is 2.35. The van der Waals surface area contributed by atoms with E-state index >= 15 is 0 Å². The molecule has 0 bridgehead atoms. The van der Waals surface area contributed by atoms with Crippen LogP contribution >= 0.6 is 0 Å². The molecule has 3 aromatic rings. The first-order chi connectivity index (χ1) is 11.1. The van der Waals surface area contributed by atoms with Crippen molar-refractivity contribution < 1.29 is 4.74 Å². The van der Waals surface area contributed by atoms with Crippen molar-refractivity contribution in [3.8, 4) is 5.75 Å². The zero-order valence-electron chi connectivity index (χ0n) is 13.3. The largest absolute Gasteiger partial charge is 0.493 e. The lowest BCUT2D eigenvalue weighted by molar-refractivity contribution is 0.412. The predicted molar refractivity (Wildman–Crippen MR) is 90.0 cm³/mol. The fourth-order valence-electron chi connectivity index (χ4n) is 2.47. The first kappa shape index (κ1) is 15.0. The number of pyridine rings is 1. The highest BCUT2D eigenvalue weighted by atomic mass is 16.5. The van der Waals surface area contributed by atoms with E-state index in [1.54, 1.807) is 13.2 Å². The van der Waals surface area contributed by atoms with E-state index in [1.165, 1.54) is 0 Å². The first-order valence-corrected chi connectivity index (χ1v) is 7.29. The van der Waals surface area contributed by atoms with E-state index in [2.05, 4.69) is 15.0 Å². The zero-order valence-corrected chi connectivity index (χ0v) is 13.3. The lowest BCUT2D eigenvalue weighted by Gasteiger charge is -2.20. The van der Waals surface area contributed by atoms with E-state index in [-0.39, 0.29) is 5.56 Å². The number of benzene rings is 1. The fourth-order valence-corrected chi connectivity index (χ4v) is 2.47. The van der Waals surface area contributed by atoms with Crippen LogP contribution in [0.25, 0.3) is 10.9 Å². The van der Waals surface area contributed by atoms with E-state index in [4.69, 9.17) is 4.74 Å². The Labute approximate surface area is 133 Å². The molecule has 2 heterocycles. The van der Waals surface area contributed by atoms with E-state index < -0.39 is 0 Å². The molecular weight excluding hydrogens is 292 g/mol. The standard InChI is InChI=1S/C17H18N4O2/c1-11-8-9-14(23-3)16(18-11)21(2)10-15-19-13-7-5-4-6-12(13)17(22)20-15/h4-9H,10H2,1-3H3,(H,19,20,22). The average Bonchev–Trinajstić information content (AvgIpc) is 2.55. The smallest absolute Gasteiger partial charge is 0.258 e. The van der Waals surface area contributed by atoms with Crippen LogP contribution in [-0.2, 0) is 6.54 Å². The summed E-state index contributed by atoms with van der Waals surface area (Å²) in [4.78, 5) is 25.9. The summed E-state index contributed by atoms with van der Waals surface area (Å²) in [7, 11) is 3.50. The average molecular weight is 310 g/mol. The van der Waals surface area contributed by atoms with Gasteiger partial charge in [0.15, 0.2) is 11.6 Å². The topological polar surface area (TPSA) is 71.1 Å². The molecule has 0 aliphatic rings. The maximum absolute atomic E-state index is 12.1. The molecule has 0 radical (unpaired) electrons. The Balaban J connectivity index is 1.96. The van der Waals surface area contributed by atoms with E-state index in [1.807, 2.05) is 49.2 Å². The maximum Gasteiger partial charge on any atom is 0.258 e. The minimum Gasteiger partial charge on any atom is -0.493 e. The summed E-state index contributed by atoms with van der Waals surface area (Å²) in [5.41, 5.74) is 1.44. The van der Waals surface area contributed by atoms with Crippen LogP contribution in [0.5, 0.6) is 5.75 Å². The minimum atomic E-state index is -0.136. The molecule has 0 amide bonds. The Morgan fingerprint density at radius 3 is 2.74 bits per heavy atom. The van der Waals surface area contributed by atoms with Gasteiger partial charge in [0.1, 0.15) is 5.82 Å². The molecule has 3 rings (SSSR count). The van der Waals surface area contributed by atoms with Gasteiger partial charge in [-0.2, -0.15) is 0 Å². The number of hydrogen-bond acceptors (Lipinski definition) is 5. The molecule has 118 valence electrons. The van der Waals surface area contributed by atoms with Crippen molar-refractivity contribution in [3.63, 3.8) is 0 Å². The number of aromatic nitrogens is 3. The van der Waals surface area contributed by atoms with Crippen LogP contribution < -0.4 is 15.2 Å². The van der Waals surface area contributed by atoms with E-state index in [0.717, 1.165) is 5.69 Å². The second-order valence-electron chi connectivity index (χ2n) is 5.36. The molecule has 0 aliphatic heterocycles. The number of aromatic amines is 1. The Morgan fingerprint density at radius 2 is 1.96 bits per heavy atom. The number of anilines is 1. The number of aryl methyl sites for hydroxylation is 1. The van der Waals surface area contributed by atoms with Crippen molar-refractivity contribution in [2.75, 3.05) is 19.1 Å². The number of rotatable bonds is 4. The lowest BCUT2D eigenvalue weighted by atomic mass is 10.2. The van der Waals surface area contributed by atoms with E-state index in [9.17, 15) is 4.79 Å². The predicted octanol–water partition coefficient (Wildman–Crippen LogP) is 2.27. The second kappa shape index (κ2) is 6.08. The van der Waals surface area contributed by atoms with Crippen LogP contribution in [0.4, 0.5) is 5.82 Å². The maximum atomic E-state index is 12.1. The lowest BCUT2D eigenvalue weighted by Crippen LogP contribution is -2.23. The minimum absolute atomic E-state index is 0.136. The number of methoxy groups -OCH3 is 1. The molecule has 0 saturated heterocycles. The Kier molecular flexibility index (Phi) is 3.97. The molecule has 0 spiro atoms.